The molecule has 0 aromatic carbocycles. The van der Waals surface area contributed by atoms with Crippen LogP contribution in [-0.2, 0) is 0 Å². The third-order valence-corrected chi connectivity index (χ3v) is 4.11. The highest BCUT2D eigenvalue weighted by Gasteiger charge is 2.24. The smallest absolute Gasteiger partial charge is 0.133 e. The van der Waals surface area contributed by atoms with Gasteiger partial charge in [-0.15, -0.1) is 0 Å². The molecule has 0 spiro atoms. The fraction of sp³-hybridized carbons (Fsp3) is 0.562. The summed E-state index contributed by atoms with van der Waals surface area (Å²) in [7, 11) is 4.14. The zero-order valence-electron chi connectivity index (χ0n) is 12.6. The van der Waals surface area contributed by atoms with Crippen LogP contribution in [0.1, 0.15) is 42.4 Å². The van der Waals surface area contributed by atoms with Gasteiger partial charge in [0.05, 0.1) is 0 Å². The van der Waals surface area contributed by atoms with Crippen LogP contribution in [0.4, 0.5) is 5.82 Å². The van der Waals surface area contributed by atoms with Gasteiger partial charge in [-0.05, 0) is 69.4 Å². The molecule has 3 nitrogen and oxygen atoms in total. The first-order valence-electron chi connectivity index (χ1n) is 7.06. The van der Waals surface area contributed by atoms with Crippen molar-refractivity contribution < 1.29 is 0 Å². The highest BCUT2D eigenvalue weighted by Crippen LogP contribution is 2.37. The number of rotatable bonds is 3. The number of hydrogen-bond acceptors (Lipinski definition) is 3. The van der Waals surface area contributed by atoms with Gasteiger partial charge in [0.15, 0.2) is 0 Å². The van der Waals surface area contributed by atoms with Crippen molar-refractivity contribution in [2.24, 2.45) is 0 Å². The maximum atomic E-state index is 4.51. The fourth-order valence-electron chi connectivity index (χ4n) is 3.07. The number of piperidine rings is 1. The monoisotopic (exact) mass is 259 g/mol. The Balaban J connectivity index is 2.45. The Bertz CT molecular complexity index is 471. The van der Waals surface area contributed by atoms with E-state index in [1.165, 1.54) is 42.6 Å². The third kappa shape index (κ3) is 2.81. The average Bonchev–Trinajstić information content (AvgIpc) is 2.39. The molecule has 0 atom stereocenters. The average molecular weight is 259 g/mol. The molecule has 1 aromatic rings. The lowest BCUT2D eigenvalue weighted by Crippen LogP contribution is -2.30. The molecule has 2 rings (SSSR count). The van der Waals surface area contributed by atoms with Crippen LogP contribution in [0.15, 0.2) is 12.8 Å². The van der Waals surface area contributed by atoms with E-state index < -0.39 is 0 Å². The maximum absolute atomic E-state index is 4.51. The van der Waals surface area contributed by atoms with Crippen molar-refractivity contribution in [1.29, 1.82) is 0 Å². The molecule has 0 unspecified atom stereocenters. The number of allylic oxidation sites excluding steroid dienone is 1. The van der Waals surface area contributed by atoms with E-state index in [-0.39, 0.29) is 0 Å². The molecule has 1 fully saturated rings. The van der Waals surface area contributed by atoms with Gasteiger partial charge in [0.2, 0.25) is 0 Å². The van der Waals surface area contributed by atoms with E-state index in [2.05, 4.69) is 42.7 Å². The Hall–Kier alpha value is -1.35. The van der Waals surface area contributed by atoms with Crippen LogP contribution in [0, 0.1) is 6.92 Å². The number of hydrogen-bond donors (Lipinski definition) is 1. The van der Waals surface area contributed by atoms with Crippen molar-refractivity contribution in [3.8, 4) is 0 Å². The molecule has 1 aliphatic rings. The molecule has 1 aliphatic heterocycles. The number of nitrogens with one attached hydrogen (secondary N) is 1. The molecule has 0 aliphatic carbocycles. The molecule has 1 aromatic heterocycles. The van der Waals surface area contributed by atoms with Gasteiger partial charge in [0.25, 0.3) is 0 Å². The predicted molar refractivity (Wildman–Crippen MR) is 82.7 cm³/mol. The Labute approximate surface area is 116 Å². The quantitative estimate of drug-likeness (QED) is 0.903. The van der Waals surface area contributed by atoms with E-state index in [4.69, 9.17) is 0 Å². The molecule has 3 heteroatoms. The van der Waals surface area contributed by atoms with E-state index in [1.807, 2.05) is 13.2 Å². The zero-order valence-corrected chi connectivity index (χ0v) is 12.6. The van der Waals surface area contributed by atoms with Crippen molar-refractivity contribution in [2.45, 2.75) is 32.6 Å². The normalized spacial score (nSPS) is 17.5. The minimum atomic E-state index is 0.637. The maximum Gasteiger partial charge on any atom is 0.133 e. The minimum Gasteiger partial charge on any atom is -0.373 e. The number of pyridine rings is 1. The molecule has 0 bridgehead atoms. The highest BCUT2D eigenvalue weighted by molar-refractivity contribution is 5.75. The second kappa shape index (κ2) is 5.74. The van der Waals surface area contributed by atoms with Gasteiger partial charge < -0.3 is 10.2 Å². The lowest BCUT2D eigenvalue weighted by Gasteiger charge is -2.32. The molecular weight excluding hydrogens is 234 g/mol. The van der Waals surface area contributed by atoms with Gasteiger partial charge in [-0.1, -0.05) is 6.58 Å². The molecule has 0 saturated carbocycles. The third-order valence-electron chi connectivity index (χ3n) is 4.11. The second-order valence-electron chi connectivity index (χ2n) is 5.69. The van der Waals surface area contributed by atoms with Crippen LogP contribution in [0.2, 0.25) is 0 Å². The van der Waals surface area contributed by atoms with E-state index in [1.54, 1.807) is 0 Å². The molecule has 2 heterocycles. The van der Waals surface area contributed by atoms with E-state index in [9.17, 15) is 0 Å². The van der Waals surface area contributed by atoms with Gasteiger partial charge in [0.1, 0.15) is 5.82 Å². The van der Waals surface area contributed by atoms with Gasteiger partial charge >= 0.3 is 0 Å². The summed E-state index contributed by atoms with van der Waals surface area (Å²) >= 11 is 0. The van der Waals surface area contributed by atoms with Crippen LogP contribution in [0.25, 0.3) is 5.57 Å². The van der Waals surface area contributed by atoms with Crippen molar-refractivity contribution in [1.82, 2.24) is 9.88 Å². The van der Waals surface area contributed by atoms with Gasteiger partial charge in [-0.25, -0.2) is 4.98 Å². The standard InChI is InChI=1S/C16H25N3/c1-11(2)14-15(12(3)10-18-16(14)17-4)13-6-8-19(5)9-7-13/h10,13H,1,6-9H2,2-5H3,(H,17,18). The van der Waals surface area contributed by atoms with Crippen molar-refractivity contribution >= 4 is 11.4 Å². The van der Waals surface area contributed by atoms with E-state index >= 15 is 0 Å². The Morgan fingerprint density at radius 1 is 1.42 bits per heavy atom. The minimum absolute atomic E-state index is 0.637. The number of nitrogens with zero attached hydrogens (tertiary/aromatic N) is 2. The number of anilines is 1. The summed E-state index contributed by atoms with van der Waals surface area (Å²) in [6.45, 7) is 10.8. The van der Waals surface area contributed by atoms with Crippen LogP contribution >= 0.6 is 0 Å². The summed E-state index contributed by atoms with van der Waals surface area (Å²) in [6.07, 6.45) is 4.45. The Morgan fingerprint density at radius 3 is 2.58 bits per heavy atom. The van der Waals surface area contributed by atoms with E-state index in [0.717, 1.165) is 11.4 Å². The van der Waals surface area contributed by atoms with Crippen molar-refractivity contribution in [3.05, 3.63) is 29.5 Å². The van der Waals surface area contributed by atoms with Crippen LogP contribution in [-0.4, -0.2) is 37.1 Å². The topological polar surface area (TPSA) is 28.2 Å². The van der Waals surface area contributed by atoms with Gasteiger partial charge in [0, 0.05) is 18.8 Å². The second-order valence-corrected chi connectivity index (χ2v) is 5.69. The number of aromatic nitrogens is 1. The van der Waals surface area contributed by atoms with Gasteiger partial charge in [-0.3, -0.25) is 0 Å². The first-order valence-corrected chi connectivity index (χ1v) is 7.06. The predicted octanol–water partition coefficient (Wildman–Crippen LogP) is 3.27. The van der Waals surface area contributed by atoms with Crippen molar-refractivity contribution in [3.63, 3.8) is 0 Å². The van der Waals surface area contributed by atoms with Crippen molar-refractivity contribution in [2.75, 3.05) is 32.5 Å². The van der Waals surface area contributed by atoms with E-state index in [0.29, 0.717) is 5.92 Å². The lowest BCUT2D eigenvalue weighted by atomic mass is 9.83. The summed E-state index contributed by atoms with van der Waals surface area (Å²) in [4.78, 5) is 6.92. The number of likely N-dealkylation sites (tertiary alicyclic amines) is 1. The van der Waals surface area contributed by atoms with Gasteiger partial charge in [-0.2, -0.15) is 0 Å². The summed E-state index contributed by atoms with van der Waals surface area (Å²) in [5.41, 5.74) is 5.10. The Morgan fingerprint density at radius 2 is 2.05 bits per heavy atom. The summed E-state index contributed by atoms with van der Waals surface area (Å²) in [5, 5.41) is 3.21. The number of aryl methyl sites for hydroxylation is 1. The fourth-order valence-corrected chi connectivity index (χ4v) is 3.07. The first-order chi connectivity index (χ1) is 9.04. The SMILES string of the molecule is C=C(C)c1c(NC)ncc(C)c1C1CCN(C)CC1. The van der Waals surface area contributed by atoms with Crippen LogP contribution < -0.4 is 5.32 Å². The highest BCUT2D eigenvalue weighted by atomic mass is 15.1. The molecular formula is C16H25N3. The molecule has 0 radical (unpaired) electrons. The Kier molecular flexibility index (Phi) is 4.25. The summed E-state index contributed by atoms with van der Waals surface area (Å²) in [6, 6.07) is 0. The molecule has 0 amide bonds. The molecule has 1 saturated heterocycles. The molecule has 1 N–H and O–H groups in total. The lowest BCUT2D eigenvalue weighted by molar-refractivity contribution is 0.255. The first kappa shape index (κ1) is 14.1. The molecule has 19 heavy (non-hydrogen) atoms. The largest absolute Gasteiger partial charge is 0.373 e. The summed E-state index contributed by atoms with van der Waals surface area (Å²) < 4.78 is 0. The van der Waals surface area contributed by atoms with Crippen LogP contribution in [0.5, 0.6) is 0 Å². The van der Waals surface area contributed by atoms with Crippen LogP contribution in [0.3, 0.4) is 0 Å². The zero-order chi connectivity index (χ0) is 14.0. The summed E-state index contributed by atoms with van der Waals surface area (Å²) in [5.74, 6) is 1.60. The molecule has 104 valence electrons.